The molecule has 0 atom stereocenters. The second-order valence-electron chi connectivity index (χ2n) is 7.29. The summed E-state index contributed by atoms with van der Waals surface area (Å²) >= 11 is 0. The number of likely N-dealkylation sites (tertiary alicyclic amines) is 1. The molecule has 1 amide bonds. The maximum absolute atomic E-state index is 11.9. The first-order chi connectivity index (χ1) is 11.1. The fraction of sp³-hybridized carbons (Fsp3) is 0.632. The molecule has 1 aromatic carbocycles. The van der Waals surface area contributed by atoms with Crippen LogP contribution in [0.3, 0.4) is 0 Å². The lowest BCUT2D eigenvalue weighted by Crippen LogP contribution is -2.42. The highest BCUT2D eigenvalue weighted by atomic mass is 16.5. The van der Waals surface area contributed by atoms with E-state index in [9.17, 15) is 4.79 Å². The van der Waals surface area contributed by atoms with Crippen molar-refractivity contribution in [1.82, 2.24) is 9.80 Å². The van der Waals surface area contributed by atoms with Crippen molar-refractivity contribution in [2.45, 2.75) is 32.2 Å². The number of rotatable bonds is 3. The van der Waals surface area contributed by atoms with Crippen molar-refractivity contribution in [3.05, 3.63) is 35.4 Å². The Kier molecular flexibility index (Phi) is 5.02. The Hall–Kier alpha value is -1.39. The van der Waals surface area contributed by atoms with Crippen LogP contribution in [-0.4, -0.2) is 56.1 Å². The quantitative estimate of drug-likeness (QED) is 0.859. The van der Waals surface area contributed by atoms with E-state index in [1.54, 1.807) is 19.0 Å². The summed E-state index contributed by atoms with van der Waals surface area (Å²) in [5, 5.41) is 0. The van der Waals surface area contributed by atoms with E-state index in [-0.39, 0.29) is 5.91 Å². The molecule has 1 aromatic rings. The van der Waals surface area contributed by atoms with Gasteiger partial charge in [-0.1, -0.05) is 12.1 Å². The van der Waals surface area contributed by atoms with Gasteiger partial charge in [-0.2, -0.15) is 0 Å². The summed E-state index contributed by atoms with van der Waals surface area (Å²) in [7, 11) is 3.58. The van der Waals surface area contributed by atoms with E-state index in [0.29, 0.717) is 5.41 Å². The Labute approximate surface area is 139 Å². The zero-order valence-corrected chi connectivity index (χ0v) is 14.4. The average molecular weight is 316 g/mol. The minimum atomic E-state index is 0.0657. The molecule has 0 saturated carbocycles. The molecule has 126 valence electrons. The molecule has 4 nitrogen and oxygen atoms in total. The van der Waals surface area contributed by atoms with Gasteiger partial charge in [0, 0.05) is 39.4 Å². The molecule has 2 aliphatic heterocycles. The molecule has 2 fully saturated rings. The highest BCUT2D eigenvalue weighted by Crippen LogP contribution is 2.40. The van der Waals surface area contributed by atoms with Crippen LogP contribution >= 0.6 is 0 Å². The van der Waals surface area contributed by atoms with E-state index < -0.39 is 0 Å². The Morgan fingerprint density at radius 1 is 1.09 bits per heavy atom. The summed E-state index contributed by atoms with van der Waals surface area (Å²) in [5.74, 6) is 0.0657. The molecule has 4 heteroatoms. The molecular formula is C19H28N2O2. The maximum atomic E-state index is 11.9. The molecule has 0 aliphatic carbocycles. The van der Waals surface area contributed by atoms with Crippen LogP contribution in [0.15, 0.2) is 24.3 Å². The number of carbonyl (C=O) groups excluding carboxylic acids is 1. The molecule has 2 heterocycles. The normalized spacial score (nSPS) is 21.3. The SMILES string of the molecule is CN(C)C(=O)c1ccc(CN2CCC3(CCOCC3)CC2)cc1. The number of piperidine rings is 1. The van der Waals surface area contributed by atoms with Crippen LogP contribution in [0.25, 0.3) is 0 Å². The van der Waals surface area contributed by atoms with Gasteiger partial charge in [0.1, 0.15) is 0 Å². The number of amides is 1. The van der Waals surface area contributed by atoms with Crippen molar-refractivity contribution in [3.63, 3.8) is 0 Å². The molecule has 0 radical (unpaired) electrons. The second-order valence-corrected chi connectivity index (χ2v) is 7.29. The van der Waals surface area contributed by atoms with Crippen LogP contribution in [0.2, 0.25) is 0 Å². The topological polar surface area (TPSA) is 32.8 Å². The van der Waals surface area contributed by atoms with Crippen molar-refractivity contribution < 1.29 is 9.53 Å². The zero-order valence-electron chi connectivity index (χ0n) is 14.4. The third-order valence-corrected chi connectivity index (χ3v) is 5.48. The van der Waals surface area contributed by atoms with Gasteiger partial charge in [-0.3, -0.25) is 9.69 Å². The number of benzene rings is 1. The first kappa shape index (κ1) is 16.5. The summed E-state index contributed by atoms with van der Waals surface area (Å²) in [5.41, 5.74) is 2.61. The summed E-state index contributed by atoms with van der Waals surface area (Å²) in [4.78, 5) is 16.1. The minimum absolute atomic E-state index is 0.0657. The van der Waals surface area contributed by atoms with Gasteiger partial charge in [-0.05, 0) is 61.9 Å². The van der Waals surface area contributed by atoms with Gasteiger partial charge in [-0.25, -0.2) is 0 Å². The van der Waals surface area contributed by atoms with Gasteiger partial charge in [-0.15, -0.1) is 0 Å². The van der Waals surface area contributed by atoms with Gasteiger partial charge in [0.15, 0.2) is 0 Å². The van der Waals surface area contributed by atoms with Crippen LogP contribution in [0.4, 0.5) is 0 Å². The Morgan fingerprint density at radius 2 is 1.70 bits per heavy atom. The fourth-order valence-electron chi connectivity index (χ4n) is 3.76. The third kappa shape index (κ3) is 3.93. The van der Waals surface area contributed by atoms with Gasteiger partial charge >= 0.3 is 0 Å². The fourth-order valence-corrected chi connectivity index (χ4v) is 3.76. The lowest BCUT2D eigenvalue weighted by Gasteiger charge is -2.44. The van der Waals surface area contributed by atoms with Gasteiger partial charge in [0.25, 0.3) is 5.91 Å². The van der Waals surface area contributed by atoms with Crippen LogP contribution in [0, 0.1) is 5.41 Å². The van der Waals surface area contributed by atoms with Crippen LogP contribution in [-0.2, 0) is 11.3 Å². The smallest absolute Gasteiger partial charge is 0.253 e. The van der Waals surface area contributed by atoms with E-state index in [4.69, 9.17) is 4.74 Å². The Bertz CT molecular complexity index is 523. The molecule has 0 N–H and O–H groups in total. The number of ether oxygens (including phenoxy) is 1. The molecular weight excluding hydrogens is 288 g/mol. The first-order valence-corrected chi connectivity index (χ1v) is 8.69. The molecule has 0 bridgehead atoms. The Morgan fingerprint density at radius 3 is 2.26 bits per heavy atom. The number of hydrogen-bond donors (Lipinski definition) is 0. The molecule has 23 heavy (non-hydrogen) atoms. The van der Waals surface area contributed by atoms with Gasteiger partial charge < -0.3 is 9.64 Å². The van der Waals surface area contributed by atoms with E-state index >= 15 is 0 Å². The van der Waals surface area contributed by atoms with Crippen molar-refractivity contribution >= 4 is 5.91 Å². The lowest BCUT2D eigenvalue weighted by molar-refractivity contribution is -0.0218. The lowest BCUT2D eigenvalue weighted by atomic mass is 9.72. The average Bonchev–Trinajstić information content (AvgIpc) is 2.58. The van der Waals surface area contributed by atoms with Crippen molar-refractivity contribution in [1.29, 1.82) is 0 Å². The largest absolute Gasteiger partial charge is 0.381 e. The van der Waals surface area contributed by atoms with Crippen LogP contribution < -0.4 is 0 Å². The summed E-state index contributed by atoms with van der Waals surface area (Å²) in [6.45, 7) is 5.24. The second kappa shape index (κ2) is 7.02. The highest BCUT2D eigenvalue weighted by Gasteiger charge is 2.35. The van der Waals surface area contributed by atoms with Crippen LogP contribution in [0.5, 0.6) is 0 Å². The molecule has 2 saturated heterocycles. The Balaban J connectivity index is 1.53. The predicted molar refractivity (Wildman–Crippen MR) is 91.5 cm³/mol. The molecule has 1 spiro atoms. The van der Waals surface area contributed by atoms with E-state index in [0.717, 1.165) is 25.3 Å². The zero-order chi connectivity index (χ0) is 16.3. The molecule has 3 rings (SSSR count). The number of hydrogen-bond acceptors (Lipinski definition) is 3. The first-order valence-electron chi connectivity index (χ1n) is 8.69. The molecule has 2 aliphatic rings. The predicted octanol–water partition coefficient (Wildman–Crippen LogP) is 2.78. The number of carbonyl (C=O) groups is 1. The van der Waals surface area contributed by atoms with Crippen molar-refractivity contribution in [2.75, 3.05) is 40.4 Å². The highest BCUT2D eigenvalue weighted by molar-refractivity contribution is 5.93. The van der Waals surface area contributed by atoms with E-state index in [2.05, 4.69) is 17.0 Å². The van der Waals surface area contributed by atoms with Crippen molar-refractivity contribution in [3.8, 4) is 0 Å². The van der Waals surface area contributed by atoms with E-state index in [1.807, 2.05) is 12.1 Å². The van der Waals surface area contributed by atoms with Crippen molar-refractivity contribution in [2.24, 2.45) is 5.41 Å². The number of nitrogens with zero attached hydrogens (tertiary/aromatic N) is 2. The third-order valence-electron chi connectivity index (χ3n) is 5.48. The summed E-state index contributed by atoms with van der Waals surface area (Å²) in [6, 6.07) is 8.08. The minimum Gasteiger partial charge on any atom is -0.381 e. The van der Waals surface area contributed by atoms with Gasteiger partial charge in [0.2, 0.25) is 0 Å². The maximum Gasteiger partial charge on any atom is 0.253 e. The molecule has 0 aromatic heterocycles. The standard InChI is InChI=1S/C19H28N2O2/c1-20(2)18(22)17-5-3-16(4-6-17)15-21-11-7-19(8-12-21)9-13-23-14-10-19/h3-6H,7-15H2,1-2H3. The summed E-state index contributed by atoms with van der Waals surface area (Å²) < 4.78 is 5.52. The van der Waals surface area contributed by atoms with E-state index in [1.165, 1.54) is 44.3 Å². The summed E-state index contributed by atoms with van der Waals surface area (Å²) in [6.07, 6.45) is 5.07. The van der Waals surface area contributed by atoms with Crippen LogP contribution in [0.1, 0.15) is 41.6 Å². The molecule has 0 unspecified atom stereocenters. The monoisotopic (exact) mass is 316 g/mol. The van der Waals surface area contributed by atoms with Gasteiger partial charge in [0.05, 0.1) is 0 Å².